The van der Waals surface area contributed by atoms with Crippen molar-refractivity contribution in [1.82, 2.24) is 5.32 Å². The first-order valence-corrected chi connectivity index (χ1v) is 5.75. The van der Waals surface area contributed by atoms with Gasteiger partial charge in [-0.15, -0.1) is 0 Å². The topological polar surface area (TPSA) is 45.0 Å². The van der Waals surface area contributed by atoms with E-state index in [1.807, 2.05) is 6.92 Å². The normalized spacial score (nSPS) is 29.2. The molecule has 1 saturated carbocycles. The molecule has 0 heterocycles. The predicted molar refractivity (Wildman–Crippen MR) is 56.3 cm³/mol. The number of nitrogens with one attached hydrogen (secondary N) is 1. The number of nitrogens with zero attached hydrogens (tertiary/aromatic N) is 1. The van der Waals surface area contributed by atoms with E-state index in [9.17, 15) is 13.2 Å². The maximum atomic E-state index is 11.9. The van der Waals surface area contributed by atoms with Crippen molar-refractivity contribution < 1.29 is 17.9 Å². The third kappa shape index (κ3) is 4.52. The van der Waals surface area contributed by atoms with Crippen molar-refractivity contribution >= 4 is 0 Å². The summed E-state index contributed by atoms with van der Waals surface area (Å²) in [5.74, 6) is 0. The Bertz CT molecular complexity index is 287. The molecular weight excluding hydrogens is 233 g/mol. The summed E-state index contributed by atoms with van der Waals surface area (Å²) < 4.78 is 40.9. The van der Waals surface area contributed by atoms with Crippen molar-refractivity contribution in [3.05, 3.63) is 0 Å². The highest BCUT2D eigenvalue weighted by Gasteiger charge is 2.39. The molecular formula is C11H17F3N2O. The van der Waals surface area contributed by atoms with E-state index in [1.165, 1.54) is 0 Å². The van der Waals surface area contributed by atoms with Crippen LogP contribution in [0.1, 0.15) is 32.6 Å². The molecule has 3 nitrogen and oxygen atoms in total. The lowest BCUT2D eigenvalue weighted by Crippen LogP contribution is -2.41. The molecule has 0 aromatic carbocycles. The van der Waals surface area contributed by atoms with Crippen LogP contribution in [-0.4, -0.2) is 31.0 Å². The van der Waals surface area contributed by atoms with Crippen LogP contribution >= 0.6 is 0 Å². The molecule has 1 rings (SSSR count). The molecule has 1 fully saturated rings. The van der Waals surface area contributed by atoms with E-state index >= 15 is 0 Å². The van der Waals surface area contributed by atoms with Crippen LogP contribution < -0.4 is 5.32 Å². The van der Waals surface area contributed by atoms with Crippen LogP contribution in [0.4, 0.5) is 13.2 Å². The van der Waals surface area contributed by atoms with E-state index in [0.717, 1.165) is 0 Å². The zero-order chi connectivity index (χ0) is 12.9. The van der Waals surface area contributed by atoms with Crippen LogP contribution in [-0.2, 0) is 4.74 Å². The van der Waals surface area contributed by atoms with Gasteiger partial charge >= 0.3 is 6.18 Å². The fourth-order valence-electron chi connectivity index (χ4n) is 2.12. The van der Waals surface area contributed by atoms with Crippen molar-refractivity contribution in [1.29, 1.82) is 5.26 Å². The van der Waals surface area contributed by atoms with Crippen LogP contribution in [0.5, 0.6) is 0 Å². The number of hydrogen-bond donors (Lipinski definition) is 1. The van der Waals surface area contributed by atoms with Crippen LogP contribution in [0, 0.1) is 11.3 Å². The maximum Gasteiger partial charge on any atom is 0.391 e. The average Bonchev–Trinajstić information content (AvgIpc) is 2.61. The molecule has 1 N–H and O–H groups in total. The SMILES string of the molecule is CCNC1(C#N)CCC(OCCC(F)(F)F)C1. The number of alkyl halides is 3. The van der Waals surface area contributed by atoms with Crippen molar-refractivity contribution in [2.45, 2.75) is 50.4 Å². The van der Waals surface area contributed by atoms with Gasteiger partial charge in [-0.1, -0.05) is 6.92 Å². The van der Waals surface area contributed by atoms with Crippen LogP contribution in [0.25, 0.3) is 0 Å². The lowest BCUT2D eigenvalue weighted by molar-refractivity contribution is -0.148. The van der Waals surface area contributed by atoms with E-state index in [-0.39, 0.29) is 12.7 Å². The molecule has 0 saturated heterocycles. The molecule has 0 aromatic heterocycles. The van der Waals surface area contributed by atoms with Gasteiger partial charge in [0.25, 0.3) is 0 Å². The Labute approximate surface area is 98.9 Å². The van der Waals surface area contributed by atoms with Gasteiger partial charge in [0, 0.05) is 6.42 Å². The van der Waals surface area contributed by atoms with E-state index in [2.05, 4.69) is 11.4 Å². The summed E-state index contributed by atoms with van der Waals surface area (Å²) in [4.78, 5) is 0. The van der Waals surface area contributed by atoms with Gasteiger partial charge in [0.15, 0.2) is 0 Å². The number of hydrogen-bond acceptors (Lipinski definition) is 3. The van der Waals surface area contributed by atoms with Crippen LogP contribution in [0.3, 0.4) is 0 Å². The first kappa shape index (κ1) is 14.3. The largest absolute Gasteiger partial charge is 0.391 e. The molecule has 0 amide bonds. The highest BCUT2D eigenvalue weighted by molar-refractivity contribution is 5.12. The first-order chi connectivity index (χ1) is 7.91. The Morgan fingerprint density at radius 2 is 2.24 bits per heavy atom. The van der Waals surface area contributed by atoms with E-state index in [1.54, 1.807) is 0 Å². The minimum atomic E-state index is -4.17. The number of ether oxygens (including phenoxy) is 1. The highest BCUT2D eigenvalue weighted by Crippen LogP contribution is 2.32. The molecule has 17 heavy (non-hydrogen) atoms. The van der Waals surface area contributed by atoms with Gasteiger partial charge in [0.2, 0.25) is 0 Å². The molecule has 0 aromatic rings. The first-order valence-electron chi connectivity index (χ1n) is 5.75. The zero-order valence-electron chi connectivity index (χ0n) is 9.81. The molecule has 2 atom stereocenters. The van der Waals surface area contributed by atoms with E-state index in [0.29, 0.717) is 25.8 Å². The van der Waals surface area contributed by atoms with Crippen LogP contribution in [0.15, 0.2) is 0 Å². The lowest BCUT2D eigenvalue weighted by Gasteiger charge is -2.21. The summed E-state index contributed by atoms with van der Waals surface area (Å²) in [5.41, 5.74) is -0.613. The minimum absolute atomic E-state index is 0.240. The second-order valence-corrected chi connectivity index (χ2v) is 4.33. The third-order valence-corrected chi connectivity index (χ3v) is 2.94. The van der Waals surface area contributed by atoms with Gasteiger partial charge in [-0.05, 0) is 19.4 Å². The smallest absolute Gasteiger partial charge is 0.378 e. The molecule has 0 radical (unpaired) electrons. The summed E-state index contributed by atoms with van der Waals surface area (Å²) in [7, 11) is 0. The van der Waals surface area contributed by atoms with Gasteiger partial charge in [-0.2, -0.15) is 18.4 Å². The Morgan fingerprint density at radius 1 is 1.53 bits per heavy atom. The van der Waals surface area contributed by atoms with Crippen molar-refractivity contribution in [3.8, 4) is 6.07 Å². The van der Waals surface area contributed by atoms with E-state index in [4.69, 9.17) is 10.00 Å². The monoisotopic (exact) mass is 250 g/mol. The van der Waals surface area contributed by atoms with Crippen molar-refractivity contribution in [2.24, 2.45) is 0 Å². The molecule has 0 bridgehead atoms. The second kappa shape index (κ2) is 5.69. The number of rotatable bonds is 5. The molecule has 98 valence electrons. The summed E-state index contributed by atoms with van der Waals surface area (Å²) in [6.07, 6.45) is -3.60. The Balaban J connectivity index is 2.33. The lowest BCUT2D eigenvalue weighted by atomic mass is 10.00. The molecule has 1 aliphatic carbocycles. The molecule has 0 aliphatic heterocycles. The average molecular weight is 250 g/mol. The van der Waals surface area contributed by atoms with Gasteiger partial charge in [-0.3, -0.25) is 5.32 Å². The van der Waals surface area contributed by atoms with Crippen molar-refractivity contribution in [3.63, 3.8) is 0 Å². The predicted octanol–water partition coefficient (Wildman–Crippen LogP) is 2.38. The van der Waals surface area contributed by atoms with Crippen molar-refractivity contribution in [2.75, 3.05) is 13.2 Å². The van der Waals surface area contributed by atoms with Crippen LogP contribution in [0.2, 0.25) is 0 Å². The Kier molecular flexibility index (Phi) is 4.78. The third-order valence-electron chi connectivity index (χ3n) is 2.94. The molecule has 6 heteroatoms. The standard InChI is InChI=1S/C11H17F3N2O/c1-2-16-10(8-15)4-3-9(7-10)17-6-5-11(12,13)14/h9,16H,2-7H2,1H3. The molecule has 1 aliphatic rings. The summed E-state index contributed by atoms with van der Waals surface area (Å²) in [6.45, 7) is 2.25. The summed E-state index contributed by atoms with van der Waals surface area (Å²) in [5, 5.41) is 12.2. The minimum Gasteiger partial charge on any atom is -0.378 e. The number of halogens is 3. The van der Waals surface area contributed by atoms with Gasteiger partial charge in [0.05, 0.1) is 25.2 Å². The zero-order valence-corrected chi connectivity index (χ0v) is 9.81. The fourth-order valence-corrected chi connectivity index (χ4v) is 2.12. The Morgan fingerprint density at radius 3 is 2.76 bits per heavy atom. The highest BCUT2D eigenvalue weighted by atomic mass is 19.4. The maximum absolute atomic E-state index is 11.9. The van der Waals surface area contributed by atoms with Gasteiger partial charge in [0.1, 0.15) is 5.54 Å². The Hall–Kier alpha value is -0.800. The quantitative estimate of drug-likeness (QED) is 0.814. The summed E-state index contributed by atoms with van der Waals surface area (Å²) >= 11 is 0. The van der Waals surface area contributed by atoms with Gasteiger partial charge < -0.3 is 4.74 Å². The second-order valence-electron chi connectivity index (χ2n) is 4.33. The number of nitriles is 1. The van der Waals surface area contributed by atoms with Gasteiger partial charge in [-0.25, -0.2) is 0 Å². The summed E-state index contributed by atoms with van der Waals surface area (Å²) in [6, 6.07) is 2.20. The molecule has 0 spiro atoms. The molecule has 2 unspecified atom stereocenters. The van der Waals surface area contributed by atoms with E-state index < -0.39 is 18.1 Å². The fraction of sp³-hybridized carbons (Fsp3) is 0.909.